The minimum Gasteiger partial charge on any atom is -0.385 e. The van der Waals surface area contributed by atoms with Crippen molar-refractivity contribution in [2.24, 2.45) is 5.92 Å². The van der Waals surface area contributed by atoms with Crippen LogP contribution in [-0.2, 0) is 5.60 Å². The molecule has 1 fully saturated rings. The minimum absolute atomic E-state index is 0.640. The normalized spacial score (nSPS) is 20.7. The summed E-state index contributed by atoms with van der Waals surface area (Å²) in [5.74, 6) is 0.737. The second-order valence-electron chi connectivity index (χ2n) is 5.14. The smallest absolute Gasteiger partial charge is 0.0871 e. The van der Waals surface area contributed by atoms with Gasteiger partial charge in [-0.1, -0.05) is 49.1 Å². The van der Waals surface area contributed by atoms with E-state index in [-0.39, 0.29) is 0 Å². The largest absolute Gasteiger partial charge is 0.385 e. The van der Waals surface area contributed by atoms with Gasteiger partial charge in [-0.25, -0.2) is 0 Å². The maximum Gasteiger partial charge on any atom is 0.0871 e. The van der Waals surface area contributed by atoms with Crippen molar-refractivity contribution in [1.82, 2.24) is 0 Å². The third-order valence-electron chi connectivity index (χ3n) is 3.58. The zero-order valence-corrected chi connectivity index (χ0v) is 9.66. The lowest BCUT2D eigenvalue weighted by Crippen LogP contribution is -2.27. The van der Waals surface area contributed by atoms with Crippen LogP contribution in [0.2, 0.25) is 0 Å². The summed E-state index contributed by atoms with van der Waals surface area (Å²) in [4.78, 5) is 0. The van der Waals surface area contributed by atoms with Crippen LogP contribution in [0.25, 0.3) is 0 Å². The van der Waals surface area contributed by atoms with Gasteiger partial charge in [0, 0.05) is 0 Å². The first-order chi connectivity index (χ1) is 7.08. The Morgan fingerprint density at radius 2 is 1.87 bits per heavy atom. The number of benzene rings is 1. The molecule has 2 rings (SSSR count). The van der Waals surface area contributed by atoms with Crippen molar-refractivity contribution < 1.29 is 5.11 Å². The number of aryl methyl sites for hydroxylation is 1. The molecule has 1 aliphatic rings. The number of hydrogen-bond acceptors (Lipinski definition) is 1. The van der Waals surface area contributed by atoms with E-state index in [1.807, 2.05) is 19.1 Å². The predicted octanol–water partition coefficient (Wildman–Crippen LogP) is 3.39. The molecular weight excluding hydrogens is 184 g/mol. The van der Waals surface area contributed by atoms with Gasteiger partial charge in [0.25, 0.3) is 0 Å². The molecule has 0 radical (unpaired) electrons. The molecule has 1 nitrogen and oxygen atoms in total. The number of hydrogen-bond donors (Lipinski definition) is 1. The Kier molecular flexibility index (Phi) is 2.83. The van der Waals surface area contributed by atoms with E-state index in [2.05, 4.69) is 19.1 Å². The zero-order valence-electron chi connectivity index (χ0n) is 9.66. The van der Waals surface area contributed by atoms with Gasteiger partial charge in [-0.05, 0) is 31.7 Å². The van der Waals surface area contributed by atoms with Crippen LogP contribution in [-0.4, -0.2) is 5.11 Å². The van der Waals surface area contributed by atoms with Crippen molar-refractivity contribution in [3.05, 3.63) is 35.4 Å². The first-order valence-corrected chi connectivity index (χ1v) is 5.87. The Morgan fingerprint density at radius 3 is 2.33 bits per heavy atom. The molecule has 0 amide bonds. The second kappa shape index (κ2) is 3.97. The highest BCUT2D eigenvalue weighted by Crippen LogP contribution is 2.37. The van der Waals surface area contributed by atoms with Crippen LogP contribution in [0.4, 0.5) is 0 Å². The van der Waals surface area contributed by atoms with Crippen molar-refractivity contribution in [1.29, 1.82) is 0 Å². The minimum atomic E-state index is -0.640. The van der Waals surface area contributed by atoms with Crippen molar-refractivity contribution >= 4 is 0 Å². The SMILES string of the molecule is Cc1ccc(C(C)(O)CC2CCC2)cc1. The van der Waals surface area contributed by atoms with Crippen LogP contribution in [0.1, 0.15) is 43.7 Å². The summed E-state index contributed by atoms with van der Waals surface area (Å²) in [6, 6.07) is 8.25. The van der Waals surface area contributed by atoms with Crippen LogP contribution in [0.3, 0.4) is 0 Å². The maximum atomic E-state index is 10.4. The van der Waals surface area contributed by atoms with E-state index in [0.29, 0.717) is 0 Å². The fraction of sp³-hybridized carbons (Fsp3) is 0.571. The van der Waals surface area contributed by atoms with Crippen LogP contribution >= 0.6 is 0 Å². The molecule has 1 unspecified atom stereocenters. The molecular formula is C14H20O. The summed E-state index contributed by atoms with van der Waals surface area (Å²) >= 11 is 0. The monoisotopic (exact) mass is 204 g/mol. The van der Waals surface area contributed by atoms with Crippen LogP contribution in [0, 0.1) is 12.8 Å². The number of aliphatic hydroxyl groups is 1. The first kappa shape index (κ1) is 10.7. The highest BCUT2D eigenvalue weighted by Gasteiger charge is 2.30. The predicted molar refractivity (Wildman–Crippen MR) is 62.7 cm³/mol. The summed E-state index contributed by atoms with van der Waals surface area (Å²) in [5.41, 5.74) is 1.66. The standard InChI is InChI=1S/C14H20O/c1-11-6-8-13(9-7-11)14(2,15)10-12-4-3-5-12/h6-9,12,15H,3-5,10H2,1-2H3. The topological polar surface area (TPSA) is 20.2 Å². The van der Waals surface area contributed by atoms with E-state index in [9.17, 15) is 5.11 Å². The van der Waals surface area contributed by atoms with Gasteiger partial charge < -0.3 is 5.11 Å². The van der Waals surface area contributed by atoms with Crippen molar-refractivity contribution in [2.75, 3.05) is 0 Å². The molecule has 0 saturated heterocycles. The molecule has 82 valence electrons. The Labute approximate surface area is 92.1 Å². The molecule has 1 aromatic rings. The molecule has 1 saturated carbocycles. The zero-order chi connectivity index (χ0) is 10.9. The fourth-order valence-corrected chi connectivity index (χ4v) is 2.29. The summed E-state index contributed by atoms with van der Waals surface area (Å²) in [7, 11) is 0. The lowest BCUT2D eigenvalue weighted by atomic mass is 9.76. The molecule has 0 spiro atoms. The molecule has 0 bridgehead atoms. The Balaban J connectivity index is 2.09. The van der Waals surface area contributed by atoms with Gasteiger partial charge in [0.05, 0.1) is 5.60 Å². The highest BCUT2D eigenvalue weighted by atomic mass is 16.3. The quantitative estimate of drug-likeness (QED) is 0.800. The summed E-state index contributed by atoms with van der Waals surface area (Å²) in [6.45, 7) is 4.01. The molecule has 0 aliphatic heterocycles. The van der Waals surface area contributed by atoms with Gasteiger partial charge in [0.2, 0.25) is 0 Å². The molecule has 1 aromatic carbocycles. The van der Waals surface area contributed by atoms with E-state index in [0.717, 1.165) is 17.9 Å². The van der Waals surface area contributed by atoms with E-state index in [1.54, 1.807) is 0 Å². The molecule has 1 N–H and O–H groups in total. The van der Waals surface area contributed by atoms with Gasteiger partial charge >= 0.3 is 0 Å². The molecule has 1 atom stereocenters. The van der Waals surface area contributed by atoms with E-state index < -0.39 is 5.60 Å². The Hall–Kier alpha value is -0.820. The molecule has 0 heterocycles. The Morgan fingerprint density at radius 1 is 1.27 bits per heavy atom. The average Bonchev–Trinajstić information content (AvgIpc) is 2.13. The first-order valence-electron chi connectivity index (χ1n) is 5.87. The summed E-state index contributed by atoms with van der Waals surface area (Å²) in [5, 5.41) is 10.4. The summed E-state index contributed by atoms with van der Waals surface area (Å²) < 4.78 is 0. The van der Waals surface area contributed by atoms with Crippen molar-refractivity contribution in [3.8, 4) is 0 Å². The molecule has 1 heteroatoms. The van der Waals surface area contributed by atoms with Gasteiger partial charge in [-0.3, -0.25) is 0 Å². The average molecular weight is 204 g/mol. The fourth-order valence-electron chi connectivity index (χ4n) is 2.29. The molecule has 1 aliphatic carbocycles. The van der Waals surface area contributed by atoms with Gasteiger partial charge in [-0.2, -0.15) is 0 Å². The third-order valence-corrected chi connectivity index (χ3v) is 3.58. The van der Waals surface area contributed by atoms with Gasteiger partial charge in [0.1, 0.15) is 0 Å². The van der Waals surface area contributed by atoms with Crippen LogP contribution in [0.5, 0.6) is 0 Å². The van der Waals surface area contributed by atoms with E-state index in [4.69, 9.17) is 0 Å². The second-order valence-corrected chi connectivity index (χ2v) is 5.14. The lowest BCUT2D eigenvalue weighted by molar-refractivity contribution is 0.0161. The third kappa shape index (κ3) is 2.40. The highest BCUT2D eigenvalue weighted by molar-refractivity contribution is 5.26. The van der Waals surface area contributed by atoms with Crippen LogP contribution < -0.4 is 0 Å². The number of rotatable bonds is 3. The lowest BCUT2D eigenvalue weighted by Gasteiger charge is -2.33. The summed E-state index contributed by atoms with van der Waals surface area (Å²) in [6.07, 6.45) is 4.84. The van der Waals surface area contributed by atoms with E-state index in [1.165, 1.54) is 24.8 Å². The molecule has 0 aromatic heterocycles. The van der Waals surface area contributed by atoms with Crippen molar-refractivity contribution in [3.63, 3.8) is 0 Å². The van der Waals surface area contributed by atoms with Gasteiger partial charge in [0.15, 0.2) is 0 Å². The molecule has 15 heavy (non-hydrogen) atoms. The maximum absolute atomic E-state index is 10.4. The Bertz CT molecular complexity index is 320. The van der Waals surface area contributed by atoms with Gasteiger partial charge in [-0.15, -0.1) is 0 Å². The van der Waals surface area contributed by atoms with E-state index >= 15 is 0 Å². The van der Waals surface area contributed by atoms with Crippen LogP contribution in [0.15, 0.2) is 24.3 Å². The van der Waals surface area contributed by atoms with Crippen molar-refractivity contribution in [2.45, 2.75) is 45.1 Å².